The number of ether oxygens (including phenoxy) is 1. The van der Waals surface area contributed by atoms with Crippen LogP contribution in [0.5, 0.6) is 0 Å². The highest BCUT2D eigenvalue weighted by atomic mass is 16.5. The van der Waals surface area contributed by atoms with E-state index in [0.717, 1.165) is 37.3 Å². The van der Waals surface area contributed by atoms with E-state index in [1.54, 1.807) is 0 Å². The lowest BCUT2D eigenvalue weighted by atomic mass is 10.0. The van der Waals surface area contributed by atoms with Gasteiger partial charge in [0.15, 0.2) is 0 Å². The van der Waals surface area contributed by atoms with Gasteiger partial charge in [-0.25, -0.2) is 4.79 Å². The molecule has 150 valence electrons. The summed E-state index contributed by atoms with van der Waals surface area (Å²) in [6.07, 6.45) is 0.791. The molecule has 0 atom stereocenters. The maximum Gasteiger partial charge on any atom is 0.321 e. The molecule has 6 heteroatoms. The lowest BCUT2D eigenvalue weighted by Crippen LogP contribution is -2.50. The van der Waals surface area contributed by atoms with E-state index in [1.807, 2.05) is 41.3 Å². The van der Waals surface area contributed by atoms with Crippen LogP contribution < -0.4 is 5.32 Å². The summed E-state index contributed by atoms with van der Waals surface area (Å²) < 4.78 is 5.32. The summed E-state index contributed by atoms with van der Waals surface area (Å²) in [6.45, 7) is 4.95. The first-order chi connectivity index (χ1) is 13.8. The van der Waals surface area contributed by atoms with Gasteiger partial charge in [-0.2, -0.15) is 0 Å². The third-order valence-electron chi connectivity index (χ3n) is 4.94. The van der Waals surface area contributed by atoms with Gasteiger partial charge in [-0.3, -0.25) is 4.90 Å². The van der Waals surface area contributed by atoms with Crippen LogP contribution in [-0.2, 0) is 11.2 Å². The third-order valence-corrected chi connectivity index (χ3v) is 4.94. The Labute approximate surface area is 166 Å². The number of anilines is 1. The van der Waals surface area contributed by atoms with Crippen LogP contribution in [0.2, 0.25) is 0 Å². The number of amides is 2. The van der Waals surface area contributed by atoms with Crippen LogP contribution in [0.25, 0.3) is 0 Å². The third kappa shape index (κ3) is 6.05. The molecule has 6 nitrogen and oxygen atoms in total. The summed E-state index contributed by atoms with van der Waals surface area (Å²) in [7, 11) is 0. The topological polar surface area (TPSA) is 65.0 Å². The zero-order chi connectivity index (χ0) is 19.6. The molecular weight excluding hydrogens is 354 g/mol. The van der Waals surface area contributed by atoms with E-state index in [-0.39, 0.29) is 12.6 Å². The number of carbonyl (C=O) groups is 1. The molecular formula is C22H29N3O3. The van der Waals surface area contributed by atoms with Crippen LogP contribution in [0.4, 0.5) is 10.5 Å². The highest BCUT2D eigenvalue weighted by Crippen LogP contribution is 2.20. The van der Waals surface area contributed by atoms with Gasteiger partial charge in [0.2, 0.25) is 0 Å². The number of hydrogen-bond donors (Lipinski definition) is 2. The highest BCUT2D eigenvalue weighted by molar-refractivity contribution is 5.90. The van der Waals surface area contributed by atoms with E-state index in [1.165, 1.54) is 5.56 Å². The number of urea groups is 1. The second-order valence-corrected chi connectivity index (χ2v) is 6.91. The van der Waals surface area contributed by atoms with Gasteiger partial charge in [-0.15, -0.1) is 0 Å². The summed E-state index contributed by atoms with van der Waals surface area (Å²) in [6, 6.07) is 18.2. The molecule has 1 heterocycles. The number of hydrogen-bond acceptors (Lipinski definition) is 4. The fraction of sp³-hybridized carbons (Fsp3) is 0.409. The molecule has 0 radical (unpaired) electrons. The van der Waals surface area contributed by atoms with Crippen LogP contribution in [0, 0.1) is 0 Å². The van der Waals surface area contributed by atoms with E-state index in [0.29, 0.717) is 26.3 Å². The van der Waals surface area contributed by atoms with E-state index >= 15 is 0 Å². The number of para-hydroxylation sites is 1. The summed E-state index contributed by atoms with van der Waals surface area (Å²) in [4.78, 5) is 16.9. The average Bonchev–Trinajstić information content (AvgIpc) is 2.74. The molecule has 1 aliphatic heterocycles. The summed E-state index contributed by atoms with van der Waals surface area (Å²) >= 11 is 0. The van der Waals surface area contributed by atoms with Gasteiger partial charge in [0, 0.05) is 38.4 Å². The van der Waals surface area contributed by atoms with Gasteiger partial charge in [-0.05, 0) is 23.6 Å². The van der Waals surface area contributed by atoms with E-state index < -0.39 is 0 Å². The monoisotopic (exact) mass is 383 g/mol. The molecule has 0 aromatic heterocycles. The minimum absolute atomic E-state index is 0.0447. The van der Waals surface area contributed by atoms with Crippen molar-refractivity contribution in [2.45, 2.75) is 6.42 Å². The maximum atomic E-state index is 12.7. The molecule has 1 fully saturated rings. The van der Waals surface area contributed by atoms with E-state index in [2.05, 4.69) is 28.4 Å². The van der Waals surface area contributed by atoms with Gasteiger partial charge in [-0.1, -0.05) is 48.5 Å². The number of aliphatic hydroxyl groups excluding tert-OH is 1. The molecule has 0 unspecified atom stereocenters. The van der Waals surface area contributed by atoms with Gasteiger partial charge in [0.25, 0.3) is 0 Å². The van der Waals surface area contributed by atoms with Crippen LogP contribution in [0.3, 0.4) is 0 Å². The fourth-order valence-electron chi connectivity index (χ4n) is 3.34. The molecule has 1 saturated heterocycles. The normalized spacial score (nSPS) is 14.8. The molecule has 2 N–H and O–H groups in total. The fourth-order valence-corrected chi connectivity index (χ4v) is 3.34. The number of piperazine rings is 1. The molecule has 0 spiro atoms. The van der Waals surface area contributed by atoms with Gasteiger partial charge in [0.1, 0.15) is 0 Å². The Kier molecular flexibility index (Phi) is 7.84. The zero-order valence-corrected chi connectivity index (χ0v) is 16.2. The average molecular weight is 383 g/mol. The zero-order valence-electron chi connectivity index (χ0n) is 16.2. The van der Waals surface area contributed by atoms with E-state index in [9.17, 15) is 4.79 Å². The Morgan fingerprint density at radius 1 is 0.964 bits per heavy atom. The SMILES string of the molecule is O=C(Nc1ccccc1Cc1ccccc1)N1CCN(CCOCCO)CC1. The van der Waals surface area contributed by atoms with Gasteiger partial charge < -0.3 is 20.1 Å². The summed E-state index contributed by atoms with van der Waals surface area (Å²) in [5.41, 5.74) is 3.21. The quantitative estimate of drug-likeness (QED) is 0.687. The molecule has 2 aromatic carbocycles. The standard InChI is InChI=1S/C22H29N3O3/c26-15-17-28-16-14-24-10-12-25(13-11-24)22(27)23-21-9-5-4-8-20(21)18-19-6-2-1-3-7-19/h1-9,26H,10-18H2,(H,23,27). The lowest BCUT2D eigenvalue weighted by Gasteiger charge is -2.34. The second kappa shape index (κ2) is 10.8. The molecule has 0 aliphatic carbocycles. The smallest absolute Gasteiger partial charge is 0.321 e. The van der Waals surface area contributed by atoms with Crippen LogP contribution in [0.1, 0.15) is 11.1 Å². The molecule has 0 saturated carbocycles. The Morgan fingerprint density at radius 2 is 1.68 bits per heavy atom. The van der Waals surface area contributed by atoms with Crippen molar-refractivity contribution >= 4 is 11.7 Å². The van der Waals surface area contributed by atoms with Crippen molar-refractivity contribution in [1.29, 1.82) is 0 Å². The minimum atomic E-state index is -0.0447. The number of nitrogens with one attached hydrogen (secondary N) is 1. The van der Waals surface area contributed by atoms with Crippen molar-refractivity contribution < 1.29 is 14.6 Å². The van der Waals surface area contributed by atoms with Crippen LogP contribution in [-0.4, -0.2) is 73.5 Å². The molecule has 3 rings (SSSR count). The maximum absolute atomic E-state index is 12.7. The first kappa shape index (κ1) is 20.3. The van der Waals surface area contributed by atoms with Crippen molar-refractivity contribution in [3.63, 3.8) is 0 Å². The molecule has 1 aliphatic rings. The molecule has 28 heavy (non-hydrogen) atoms. The van der Waals surface area contributed by atoms with Crippen LogP contribution in [0.15, 0.2) is 54.6 Å². The molecule has 2 aromatic rings. The molecule has 0 bridgehead atoms. The van der Waals surface area contributed by atoms with Crippen molar-refractivity contribution in [2.24, 2.45) is 0 Å². The Hall–Kier alpha value is -2.41. The van der Waals surface area contributed by atoms with Crippen molar-refractivity contribution in [3.05, 3.63) is 65.7 Å². The Balaban J connectivity index is 1.50. The molecule has 2 amide bonds. The highest BCUT2D eigenvalue weighted by Gasteiger charge is 2.21. The largest absolute Gasteiger partial charge is 0.394 e. The van der Waals surface area contributed by atoms with Crippen molar-refractivity contribution in [1.82, 2.24) is 9.80 Å². The van der Waals surface area contributed by atoms with Crippen molar-refractivity contribution in [2.75, 3.05) is 57.9 Å². The number of rotatable bonds is 8. The summed E-state index contributed by atoms with van der Waals surface area (Å²) in [5, 5.41) is 11.8. The number of aliphatic hydroxyl groups is 1. The van der Waals surface area contributed by atoms with Crippen molar-refractivity contribution in [3.8, 4) is 0 Å². The van der Waals surface area contributed by atoms with Gasteiger partial charge in [0.05, 0.1) is 19.8 Å². The second-order valence-electron chi connectivity index (χ2n) is 6.91. The van der Waals surface area contributed by atoms with Gasteiger partial charge >= 0.3 is 6.03 Å². The Bertz CT molecular complexity index is 731. The minimum Gasteiger partial charge on any atom is -0.394 e. The lowest BCUT2D eigenvalue weighted by molar-refractivity contribution is 0.0627. The first-order valence-corrected chi connectivity index (χ1v) is 9.85. The summed E-state index contributed by atoms with van der Waals surface area (Å²) in [5.74, 6) is 0. The van der Waals surface area contributed by atoms with Crippen LogP contribution >= 0.6 is 0 Å². The predicted molar refractivity (Wildman–Crippen MR) is 111 cm³/mol. The number of benzene rings is 2. The first-order valence-electron chi connectivity index (χ1n) is 9.85. The van der Waals surface area contributed by atoms with E-state index in [4.69, 9.17) is 9.84 Å². The number of nitrogens with zero attached hydrogens (tertiary/aromatic N) is 2. The predicted octanol–water partition coefficient (Wildman–Crippen LogP) is 2.44. The number of carbonyl (C=O) groups excluding carboxylic acids is 1. The Morgan fingerprint density at radius 3 is 2.43 bits per heavy atom.